The largest absolute Gasteiger partial charge is 0.374 e. The molecule has 0 aliphatic carbocycles. The fourth-order valence-electron chi connectivity index (χ4n) is 2.47. The number of benzene rings is 2. The molecule has 1 amide bonds. The zero-order valence-electron chi connectivity index (χ0n) is 14.4. The Balaban J connectivity index is 2.05. The van der Waals surface area contributed by atoms with E-state index in [4.69, 9.17) is 11.6 Å². The number of hydrogen-bond donors (Lipinski definition) is 1. The standard InChI is InChI=1S/C19H22ClFN2O/c1-12-8-9-15(10-13(12)2)22-14(3)19(24)23(4)11-16-17(20)6-5-7-18(16)21/h5-10,14,22H,11H2,1-4H3. The monoisotopic (exact) mass is 348 g/mol. The predicted octanol–water partition coefficient (Wildman–Crippen LogP) is 4.55. The Kier molecular flexibility index (Phi) is 5.84. The number of amides is 1. The van der Waals surface area contributed by atoms with Crippen LogP contribution in [-0.4, -0.2) is 23.9 Å². The molecule has 24 heavy (non-hydrogen) atoms. The minimum atomic E-state index is -0.428. The third-order valence-corrected chi connectivity index (χ3v) is 4.45. The average molecular weight is 349 g/mol. The van der Waals surface area contributed by atoms with E-state index in [1.807, 2.05) is 32.0 Å². The normalized spacial score (nSPS) is 11.9. The van der Waals surface area contributed by atoms with Crippen molar-refractivity contribution in [2.75, 3.05) is 12.4 Å². The third kappa shape index (κ3) is 4.26. The summed E-state index contributed by atoms with van der Waals surface area (Å²) in [6, 6.07) is 10.0. The average Bonchev–Trinajstić information content (AvgIpc) is 2.53. The lowest BCUT2D eigenvalue weighted by atomic mass is 10.1. The van der Waals surface area contributed by atoms with Crippen molar-refractivity contribution in [2.24, 2.45) is 0 Å². The minimum absolute atomic E-state index is 0.128. The molecule has 2 rings (SSSR count). The molecule has 0 bridgehead atoms. The topological polar surface area (TPSA) is 32.3 Å². The van der Waals surface area contributed by atoms with Gasteiger partial charge >= 0.3 is 0 Å². The Hall–Kier alpha value is -2.07. The fraction of sp³-hybridized carbons (Fsp3) is 0.316. The van der Waals surface area contributed by atoms with Crippen LogP contribution in [0.4, 0.5) is 10.1 Å². The van der Waals surface area contributed by atoms with Gasteiger partial charge in [0.2, 0.25) is 5.91 Å². The molecular formula is C19H22ClFN2O. The zero-order chi connectivity index (χ0) is 17.9. The second kappa shape index (κ2) is 7.67. The Morgan fingerprint density at radius 2 is 1.96 bits per heavy atom. The molecule has 1 atom stereocenters. The number of anilines is 1. The van der Waals surface area contributed by atoms with Crippen LogP contribution in [0.3, 0.4) is 0 Å². The highest BCUT2D eigenvalue weighted by Crippen LogP contribution is 2.21. The zero-order valence-corrected chi connectivity index (χ0v) is 15.1. The van der Waals surface area contributed by atoms with Crippen molar-refractivity contribution in [1.82, 2.24) is 4.90 Å². The van der Waals surface area contributed by atoms with Crippen molar-refractivity contribution >= 4 is 23.2 Å². The van der Waals surface area contributed by atoms with Crippen LogP contribution >= 0.6 is 11.6 Å². The lowest BCUT2D eigenvalue weighted by Crippen LogP contribution is -2.38. The van der Waals surface area contributed by atoms with Crippen LogP contribution in [0.2, 0.25) is 5.02 Å². The number of nitrogens with one attached hydrogen (secondary N) is 1. The number of hydrogen-bond acceptors (Lipinski definition) is 2. The molecule has 5 heteroatoms. The first-order valence-corrected chi connectivity index (χ1v) is 8.19. The maximum Gasteiger partial charge on any atom is 0.244 e. The van der Waals surface area contributed by atoms with Crippen LogP contribution in [0.25, 0.3) is 0 Å². The Morgan fingerprint density at radius 3 is 2.58 bits per heavy atom. The fourth-order valence-corrected chi connectivity index (χ4v) is 2.69. The molecule has 128 valence electrons. The van der Waals surface area contributed by atoms with Gasteiger partial charge in [-0.25, -0.2) is 4.39 Å². The first-order valence-electron chi connectivity index (χ1n) is 7.81. The predicted molar refractivity (Wildman–Crippen MR) is 96.9 cm³/mol. The summed E-state index contributed by atoms with van der Waals surface area (Å²) in [6.07, 6.45) is 0. The second-order valence-corrected chi connectivity index (χ2v) is 6.47. The van der Waals surface area contributed by atoms with E-state index in [-0.39, 0.29) is 12.5 Å². The summed E-state index contributed by atoms with van der Waals surface area (Å²) in [7, 11) is 1.64. The lowest BCUT2D eigenvalue weighted by molar-refractivity contribution is -0.130. The Labute approximate surface area is 147 Å². The van der Waals surface area contributed by atoms with Crippen LogP contribution in [0.5, 0.6) is 0 Å². The van der Waals surface area contributed by atoms with E-state index in [0.717, 1.165) is 11.3 Å². The van der Waals surface area contributed by atoms with E-state index in [2.05, 4.69) is 5.32 Å². The van der Waals surface area contributed by atoms with Gasteiger partial charge in [0, 0.05) is 29.9 Å². The van der Waals surface area contributed by atoms with Crippen LogP contribution in [-0.2, 0) is 11.3 Å². The molecular weight excluding hydrogens is 327 g/mol. The number of halogens is 2. The molecule has 2 aromatic carbocycles. The minimum Gasteiger partial charge on any atom is -0.374 e. The molecule has 0 spiro atoms. The van der Waals surface area contributed by atoms with Crippen LogP contribution in [0.1, 0.15) is 23.6 Å². The van der Waals surface area contributed by atoms with Crippen molar-refractivity contribution in [3.63, 3.8) is 0 Å². The van der Waals surface area contributed by atoms with Gasteiger partial charge < -0.3 is 10.2 Å². The summed E-state index contributed by atoms with van der Waals surface area (Å²) in [6.45, 7) is 5.99. The van der Waals surface area contributed by atoms with Gasteiger partial charge in [-0.3, -0.25) is 4.79 Å². The van der Waals surface area contributed by atoms with E-state index < -0.39 is 11.9 Å². The summed E-state index contributed by atoms with van der Waals surface area (Å²) in [5.41, 5.74) is 3.57. The van der Waals surface area contributed by atoms with Crippen LogP contribution in [0.15, 0.2) is 36.4 Å². The third-order valence-electron chi connectivity index (χ3n) is 4.09. The number of aryl methyl sites for hydroxylation is 2. The number of rotatable bonds is 5. The van der Waals surface area contributed by atoms with Gasteiger partial charge in [0.25, 0.3) is 0 Å². The number of likely N-dealkylation sites (N-methyl/N-ethyl adjacent to an activating group) is 1. The van der Waals surface area contributed by atoms with E-state index >= 15 is 0 Å². The molecule has 0 fully saturated rings. The van der Waals surface area contributed by atoms with E-state index in [9.17, 15) is 9.18 Å². The van der Waals surface area contributed by atoms with Gasteiger partial charge in [-0.05, 0) is 56.2 Å². The van der Waals surface area contributed by atoms with Gasteiger partial charge in [-0.15, -0.1) is 0 Å². The van der Waals surface area contributed by atoms with E-state index in [1.54, 1.807) is 26.1 Å². The van der Waals surface area contributed by atoms with Crippen molar-refractivity contribution in [3.8, 4) is 0 Å². The van der Waals surface area contributed by atoms with Gasteiger partial charge in [0.1, 0.15) is 11.9 Å². The highest BCUT2D eigenvalue weighted by molar-refractivity contribution is 6.31. The van der Waals surface area contributed by atoms with E-state index in [1.165, 1.54) is 16.5 Å². The van der Waals surface area contributed by atoms with Crippen LogP contribution < -0.4 is 5.32 Å². The first-order chi connectivity index (χ1) is 11.3. The summed E-state index contributed by atoms with van der Waals surface area (Å²) in [5, 5.41) is 3.51. The molecule has 0 aromatic heterocycles. The van der Waals surface area contributed by atoms with Crippen molar-refractivity contribution < 1.29 is 9.18 Å². The van der Waals surface area contributed by atoms with Gasteiger partial charge in [0.15, 0.2) is 0 Å². The summed E-state index contributed by atoms with van der Waals surface area (Å²) >= 11 is 6.03. The maximum absolute atomic E-state index is 13.9. The second-order valence-electron chi connectivity index (χ2n) is 6.06. The van der Waals surface area contributed by atoms with Gasteiger partial charge in [-0.2, -0.15) is 0 Å². The van der Waals surface area contributed by atoms with E-state index in [0.29, 0.717) is 10.6 Å². The summed E-state index contributed by atoms with van der Waals surface area (Å²) < 4.78 is 13.9. The van der Waals surface area contributed by atoms with Gasteiger partial charge in [0.05, 0.1) is 0 Å². The summed E-state index contributed by atoms with van der Waals surface area (Å²) in [4.78, 5) is 14.0. The smallest absolute Gasteiger partial charge is 0.244 e. The molecule has 0 aliphatic heterocycles. The number of carbonyl (C=O) groups excluding carboxylic acids is 1. The van der Waals surface area contributed by atoms with Crippen molar-refractivity contribution in [2.45, 2.75) is 33.4 Å². The molecule has 0 radical (unpaired) electrons. The first kappa shape index (κ1) is 18.3. The van der Waals surface area contributed by atoms with Crippen molar-refractivity contribution in [1.29, 1.82) is 0 Å². The molecule has 0 saturated heterocycles. The molecule has 0 heterocycles. The van der Waals surface area contributed by atoms with Crippen LogP contribution in [0, 0.1) is 19.7 Å². The molecule has 0 saturated carbocycles. The summed E-state index contributed by atoms with van der Waals surface area (Å²) in [5.74, 6) is -0.538. The molecule has 2 aromatic rings. The molecule has 0 aliphatic rings. The Bertz CT molecular complexity index is 728. The Morgan fingerprint density at radius 1 is 1.25 bits per heavy atom. The highest BCUT2D eigenvalue weighted by atomic mass is 35.5. The molecule has 1 N–H and O–H groups in total. The van der Waals surface area contributed by atoms with Gasteiger partial charge in [-0.1, -0.05) is 23.7 Å². The maximum atomic E-state index is 13.9. The lowest BCUT2D eigenvalue weighted by Gasteiger charge is -2.23. The number of nitrogens with zero attached hydrogens (tertiary/aromatic N) is 1. The number of carbonyl (C=O) groups is 1. The van der Waals surface area contributed by atoms with Crippen molar-refractivity contribution in [3.05, 3.63) is 63.9 Å². The quantitative estimate of drug-likeness (QED) is 0.859. The SMILES string of the molecule is Cc1ccc(NC(C)C(=O)N(C)Cc2c(F)cccc2Cl)cc1C. The molecule has 1 unspecified atom stereocenters. The highest BCUT2D eigenvalue weighted by Gasteiger charge is 2.19. The molecule has 3 nitrogen and oxygen atoms in total.